The van der Waals surface area contributed by atoms with Gasteiger partial charge in [-0.25, -0.2) is 0 Å². The minimum atomic E-state index is 0.0168. The average Bonchev–Trinajstić information content (AvgIpc) is 2.82. The number of para-hydroxylation sites is 1. The maximum atomic E-state index is 13.0. The minimum absolute atomic E-state index is 0.0168. The van der Waals surface area contributed by atoms with Crippen LogP contribution in [0.5, 0.6) is 5.75 Å². The van der Waals surface area contributed by atoms with E-state index in [4.69, 9.17) is 4.74 Å². The predicted octanol–water partition coefficient (Wildman–Crippen LogP) is 3.23. The van der Waals surface area contributed by atoms with E-state index in [0.717, 1.165) is 36.5 Å². The van der Waals surface area contributed by atoms with Crippen molar-refractivity contribution in [3.8, 4) is 5.75 Å². The molecule has 0 saturated heterocycles. The predicted molar refractivity (Wildman–Crippen MR) is 92.1 cm³/mol. The Hall–Kier alpha value is -2.33. The number of nitrogens with one attached hydrogen (secondary N) is 1. The van der Waals surface area contributed by atoms with Gasteiger partial charge in [-0.2, -0.15) is 0 Å². The van der Waals surface area contributed by atoms with Crippen LogP contribution in [0.15, 0.2) is 48.5 Å². The van der Waals surface area contributed by atoms with Gasteiger partial charge < -0.3 is 15.0 Å². The summed E-state index contributed by atoms with van der Waals surface area (Å²) in [6.45, 7) is 4.96. The third-order valence-corrected chi connectivity index (χ3v) is 3.91. The molecule has 0 fully saturated rings. The molecule has 1 heterocycles. The van der Waals surface area contributed by atoms with Crippen LogP contribution in [0.3, 0.4) is 0 Å². The fourth-order valence-electron chi connectivity index (χ4n) is 2.76. The van der Waals surface area contributed by atoms with E-state index in [-0.39, 0.29) is 5.91 Å². The summed E-state index contributed by atoms with van der Waals surface area (Å²) in [4.78, 5) is 14.8. The lowest BCUT2D eigenvalue weighted by Crippen LogP contribution is -2.34. The fourth-order valence-corrected chi connectivity index (χ4v) is 2.76. The molecule has 4 nitrogen and oxygen atoms in total. The number of rotatable bonds is 4. The zero-order valence-corrected chi connectivity index (χ0v) is 13.4. The summed E-state index contributed by atoms with van der Waals surface area (Å²) in [5, 5.41) is 3.36. The second-order valence-electron chi connectivity index (χ2n) is 5.64. The highest BCUT2D eigenvalue weighted by Crippen LogP contribution is 2.25. The number of ether oxygens (including phenoxy) is 1. The van der Waals surface area contributed by atoms with Crippen molar-refractivity contribution in [2.75, 3.05) is 24.6 Å². The molecule has 0 unspecified atom stereocenters. The minimum Gasteiger partial charge on any atom is -0.494 e. The van der Waals surface area contributed by atoms with Crippen LogP contribution in [0.2, 0.25) is 0 Å². The molecule has 0 atom stereocenters. The lowest BCUT2D eigenvalue weighted by Gasteiger charge is -2.22. The van der Waals surface area contributed by atoms with Crippen LogP contribution < -0.4 is 15.0 Å². The number of hydrogen-bond acceptors (Lipinski definition) is 3. The van der Waals surface area contributed by atoms with Gasteiger partial charge in [-0.05, 0) is 36.2 Å². The van der Waals surface area contributed by atoms with Crippen molar-refractivity contribution in [2.45, 2.75) is 19.9 Å². The van der Waals surface area contributed by atoms with Gasteiger partial charge in [0.15, 0.2) is 0 Å². The number of benzene rings is 2. The average molecular weight is 310 g/mol. The molecule has 120 valence electrons. The Kier molecular flexibility index (Phi) is 4.93. The summed E-state index contributed by atoms with van der Waals surface area (Å²) >= 11 is 0. The normalized spacial score (nSPS) is 14.0. The van der Waals surface area contributed by atoms with Crippen LogP contribution in [0.4, 0.5) is 5.69 Å². The molecule has 1 amide bonds. The molecular formula is C19H22N2O2. The maximum Gasteiger partial charge on any atom is 0.258 e. The molecule has 2 aromatic carbocycles. The van der Waals surface area contributed by atoms with Gasteiger partial charge >= 0.3 is 0 Å². The smallest absolute Gasteiger partial charge is 0.258 e. The first-order valence-electron chi connectivity index (χ1n) is 8.13. The van der Waals surface area contributed by atoms with E-state index >= 15 is 0 Å². The summed E-state index contributed by atoms with van der Waals surface area (Å²) < 4.78 is 5.64. The molecule has 0 saturated carbocycles. The third-order valence-electron chi connectivity index (χ3n) is 3.91. The van der Waals surface area contributed by atoms with Crippen molar-refractivity contribution in [3.63, 3.8) is 0 Å². The maximum absolute atomic E-state index is 13.0. The highest BCUT2D eigenvalue weighted by molar-refractivity contribution is 6.06. The molecule has 4 heteroatoms. The molecule has 0 bridgehead atoms. The van der Waals surface area contributed by atoms with Gasteiger partial charge in [0.25, 0.3) is 5.91 Å². The first kappa shape index (κ1) is 15.6. The van der Waals surface area contributed by atoms with Gasteiger partial charge in [-0.15, -0.1) is 0 Å². The Morgan fingerprint density at radius 3 is 2.96 bits per heavy atom. The Labute approximate surface area is 137 Å². The number of amides is 1. The van der Waals surface area contributed by atoms with E-state index in [9.17, 15) is 4.79 Å². The Morgan fingerprint density at radius 1 is 1.22 bits per heavy atom. The zero-order chi connectivity index (χ0) is 16.1. The number of nitrogens with zero attached hydrogens (tertiary/aromatic N) is 1. The molecule has 1 aliphatic rings. The lowest BCUT2D eigenvalue weighted by molar-refractivity contribution is 0.0987. The molecule has 1 N–H and O–H groups in total. The van der Waals surface area contributed by atoms with E-state index in [1.165, 1.54) is 0 Å². The molecule has 1 aliphatic heterocycles. The summed E-state index contributed by atoms with van der Waals surface area (Å²) in [6.07, 6.45) is 0.948. The van der Waals surface area contributed by atoms with E-state index < -0.39 is 0 Å². The number of carbonyl (C=O) groups excluding carboxylic acids is 1. The van der Waals surface area contributed by atoms with Gasteiger partial charge in [0, 0.05) is 30.9 Å². The monoisotopic (exact) mass is 310 g/mol. The molecule has 2 aromatic rings. The van der Waals surface area contributed by atoms with Gasteiger partial charge in [-0.1, -0.05) is 31.2 Å². The number of hydrogen-bond donors (Lipinski definition) is 1. The number of fused-ring (bicyclic) bond motifs is 1. The van der Waals surface area contributed by atoms with Crippen LogP contribution in [0.1, 0.15) is 29.3 Å². The van der Waals surface area contributed by atoms with Crippen molar-refractivity contribution in [1.29, 1.82) is 0 Å². The van der Waals surface area contributed by atoms with E-state index in [1.807, 2.05) is 47.4 Å². The highest BCUT2D eigenvalue weighted by atomic mass is 16.5. The van der Waals surface area contributed by atoms with Crippen LogP contribution in [0.25, 0.3) is 0 Å². The largest absolute Gasteiger partial charge is 0.494 e. The van der Waals surface area contributed by atoms with Crippen molar-refractivity contribution in [2.24, 2.45) is 0 Å². The summed E-state index contributed by atoms with van der Waals surface area (Å²) in [6, 6.07) is 15.5. The van der Waals surface area contributed by atoms with Crippen LogP contribution >= 0.6 is 0 Å². The molecule has 0 aliphatic carbocycles. The molecular weight excluding hydrogens is 288 g/mol. The Balaban J connectivity index is 1.88. The van der Waals surface area contributed by atoms with Crippen molar-refractivity contribution in [1.82, 2.24) is 5.32 Å². The van der Waals surface area contributed by atoms with Gasteiger partial charge in [0.2, 0.25) is 0 Å². The first-order valence-corrected chi connectivity index (χ1v) is 8.13. The van der Waals surface area contributed by atoms with Crippen LogP contribution in [-0.4, -0.2) is 25.6 Å². The first-order chi connectivity index (χ1) is 11.3. The van der Waals surface area contributed by atoms with Crippen LogP contribution in [0, 0.1) is 0 Å². The molecule has 3 rings (SSSR count). The van der Waals surface area contributed by atoms with E-state index in [0.29, 0.717) is 18.7 Å². The van der Waals surface area contributed by atoms with Crippen molar-refractivity contribution < 1.29 is 9.53 Å². The number of anilines is 1. The van der Waals surface area contributed by atoms with Gasteiger partial charge in [0.1, 0.15) is 5.75 Å². The molecule has 23 heavy (non-hydrogen) atoms. The SMILES string of the molecule is CCCOc1cccc(C(=O)N2CCNCc3ccccc32)c1. The molecule has 0 aromatic heterocycles. The van der Waals surface area contributed by atoms with E-state index in [1.54, 1.807) is 0 Å². The van der Waals surface area contributed by atoms with Crippen LogP contribution in [-0.2, 0) is 6.54 Å². The van der Waals surface area contributed by atoms with Gasteiger partial charge in [-0.3, -0.25) is 4.79 Å². The molecule has 0 spiro atoms. The standard InChI is InChI=1S/C19H22N2O2/c1-2-12-23-17-8-5-7-15(13-17)19(22)21-11-10-20-14-16-6-3-4-9-18(16)21/h3-9,13,20H,2,10-12,14H2,1H3. The highest BCUT2D eigenvalue weighted by Gasteiger charge is 2.22. The van der Waals surface area contributed by atoms with Crippen molar-refractivity contribution >= 4 is 11.6 Å². The summed E-state index contributed by atoms with van der Waals surface area (Å²) in [7, 11) is 0. The number of carbonyl (C=O) groups is 1. The summed E-state index contributed by atoms with van der Waals surface area (Å²) in [5.41, 5.74) is 2.80. The second kappa shape index (κ2) is 7.29. The third kappa shape index (κ3) is 3.54. The quantitative estimate of drug-likeness (QED) is 0.942. The zero-order valence-electron chi connectivity index (χ0n) is 13.4. The fraction of sp³-hybridized carbons (Fsp3) is 0.316. The van der Waals surface area contributed by atoms with Crippen molar-refractivity contribution in [3.05, 3.63) is 59.7 Å². The summed E-state index contributed by atoms with van der Waals surface area (Å²) in [5.74, 6) is 0.766. The topological polar surface area (TPSA) is 41.6 Å². The van der Waals surface area contributed by atoms with Gasteiger partial charge in [0.05, 0.1) is 6.61 Å². The Bertz CT molecular complexity index is 685. The van der Waals surface area contributed by atoms with E-state index in [2.05, 4.69) is 18.3 Å². The molecule has 0 radical (unpaired) electrons. The Morgan fingerprint density at radius 2 is 2.09 bits per heavy atom. The second-order valence-corrected chi connectivity index (χ2v) is 5.64. The lowest BCUT2D eigenvalue weighted by atomic mass is 10.1.